The molecule has 1 aromatic carbocycles. The summed E-state index contributed by atoms with van der Waals surface area (Å²) >= 11 is 3.09. The van der Waals surface area contributed by atoms with Gasteiger partial charge >= 0.3 is 0 Å². The zero-order valence-electron chi connectivity index (χ0n) is 11.8. The summed E-state index contributed by atoms with van der Waals surface area (Å²) in [4.78, 5) is 12.1. The molecule has 0 spiro atoms. The number of benzene rings is 1. The Morgan fingerprint density at radius 3 is 3.00 bits per heavy atom. The van der Waals surface area contributed by atoms with Crippen molar-refractivity contribution in [1.82, 2.24) is 10.6 Å². The normalized spacial score (nSPS) is 21.5. The predicted molar refractivity (Wildman–Crippen MR) is 81.2 cm³/mol. The van der Waals surface area contributed by atoms with E-state index in [0.717, 1.165) is 19.4 Å². The minimum Gasteiger partial charge on any atom is -0.350 e. The first-order valence-electron chi connectivity index (χ1n) is 6.87. The van der Waals surface area contributed by atoms with Gasteiger partial charge in [0.2, 0.25) is 0 Å². The van der Waals surface area contributed by atoms with Gasteiger partial charge in [0.1, 0.15) is 5.82 Å². The minimum atomic E-state index is -0.513. The van der Waals surface area contributed by atoms with E-state index in [1.165, 1.54) is 6.07 Å². The first-order chi connectivity index (χ1) is 9.42. The van der Waals surface area contributed by atoms with Crippen molar-refractivity contribution in [3.8, 4) is 0 Å². The van der Waals surface area contributed by atoms with Gasteiger partial charge in [-0.15, -0.1) is 0 Å². The predicted octanol–water partition coefficient (Wildman–Crippen LogP) is 3.10. The Morgan fingerprint density at radius 2 is 2.30 bits per heavy atom. The summed E-state index contributed by atoms with van der Waals surface area (Å²) in [7, 11) is 0. The summed E-state index contributed by atoms with van der Waals surface area (Å²) in [6, 6.07) is 4.95. The van der Waals surface area contributed by atoms with E-state index in [0.29, 0.717) is 11.0 Å². The summed E-state index contributed by atoms with van der Waals surface area (Å²) in [6.45, 7) is 5.86. The molecular formula is C15H20BrFN2O. The number of hydrogen-bond donors (Lipinski definition) is 2. The largest absolute Gasteiger partial charge is 0.350 e. The van der Waals surface area contributed by atoms with Gasteiger partial charge in [0.15, 0.2) is 0 Å². The fraction of sp³-hybridized carbons (Fsp3) is 0.533. The molecular weight excluding hydrogens is 323 g/mol. The highest BCUT2D eigenvalue weighted by Crippen LogP contribution is 2.29. The number of rotatable bonds is 3. The number of nitrogens with one attached hydrogen (secondary N) is 2. The molecule has 2 N–H and O–H groups in total. The van der Waals surface area contributed by atoms with Crippen LogP contribution >= 0.6 is 15.9 Å². The Bertz CT molecular complexity index is 505. The summed E-state index contributed by atoms with van der Waals surface area (Å²) in [5, 5.41) is 6.25. The lowest BCUT2D eigenvalue weighted by atomic mass is 9.77. The molecule has 1 amide bonds. The van der Waals surface area contributed by atoms with Crippen LogP contribution in [0.4, 0.5) is 4.39 Å². The fourth-order valence-corrected chi connectivity index (χ4v) is 2.95. The van der Waals surface area contributed by atoms with Crippen molar-refractivity contribution < 1.29 is 9.18 Å². The quantitative estimate of drug-likeness (QED) is 0.886. The lowest BCUT2D eigenvalue weighted by molar-refractivity contribution is 0.0924. The summed E-state index contributed by atoms with van der Waals surface area (Å²) in [5.74, 6) is -0.882. The van der Waals surface area contributed by atoms with Gasteiger partial charge in [0.25, 0.3) is 5.91 Å². The molecule has 1 aliphatic heterocycles. The molecule has 0 radical (unpaired) electrons. The lowest BCUT2D eigenvalue weighted by Gasteiger charge is -2.39. The maximum Gasteiger partial charge on any atom is 0.254 e. The zero-order chi connectivity index (χ0) is 14.8. The van der Waals surface area contributed by atoms with E-state index >= 15 is 0 Å². The standard InChI is InChI=1S/C15H20BrFN2O/c1-15(2)7-4-8-18-12(15)9-19-14(20)10-5-3-6-11(16)13(10)17/h3,5-6,12,18H,4,7-9H2,1-2H3,(H,19,20). The van der Waals surface area contributed by atoms with Gasteiger partial charge in [-0.3, -0.25) is 4.79 Å². The van der Waals surface area contributed by atoms with Gasteiger partial charge < -0.3 is 10.6 Å². The molecule has 1 saturated heterocycles. The van der Waals surface area contributed by atoms with E-state index in [4.69, 9.17) is 0 Å². The second-order valence-corrected chi connectivity index (χ2v) is 6.76. The molecule has 0 aliphatic carbocycles. The van der Waals surface area contributed by atoms with Crippen LogP contribution < -0.4 is 10.6 Å². The minimum absolute atomic E-state index is 0.0768. The van der Waals surface area contributed by atoms with Crippen molar-refractivity contribution in [1.29, 1.82) is 0 Å². The molecule has 1 heterocycles. The Labute approximate surface area is 127 Å². The van der Waals surface area contributed by atoms with Crippen molar-refractivity contribution in [2.45, 2.75) is 32.7 Å². The zero-order valence-corrected chi connectivity index (χ0v) is 13.4. The molecule has 0 saturated carbocycles. The van der Waals surface area contributed by atoms with E-state index < -0.39 is 5.82 Å². The molecule has 1 unspecified atom stereocenters. The van der Waals surface area contributed by atoms with Crippen LogP contribution in [-0.2, 0) is 0 Å². The SMILES string of the molecule is CC1(C)CCCNC1CNC(=O)c1cccc(Br)c1F. The fourth-order valence-electron chi connectivity index (χ4n) is 2.59. The first-order valence-corrected chi connectivity index (χ1v) is 7.67. The van der Waals surface area contributed by atoms with Crippen LogP contribution in [0.1, 0.15) is 37.0 Å². The van der Waals surface area contributed by atoms with Crippen LogP contribution in [0.15, 0.2) is 22.7 Å². The van der Waals surface area contributed by atoms with Crippen LogP contribution in [0.2, 0.25) is 0 Å². The molecule has 2 rings (SSSR count). The van der Waals surface area contributed by atoms with Crippen molar-refractivity contribution in [2.24, 2.45) is 5.41 Å². The third-order valence-corrected chi connectivity index (χ3v) is 4.61. The molecule has 1 fully saturated rings. The Balaban J connectivity index is 2.00. The van der Waals surface area contributed by atoms with Crippen LogP contribution in [0.5, 0.6) is 0 Å². The van der Waals surface area contributed by atoms with E-state index in [1.807, 2.05) is 0 Å². The molecule has 1 atom stereocenters. The van der Waals surface area contributed by atoms with Crippen molar-refractivity contribution in [3.63, 3.8) is 0 Å². The Hall–Kier alpha value is -0.940. The van der Waals surface area contributed by atoms with E-state index in [9.17, 15) is 9.18 Å². The number of amides is 1. The summed E-state index contributed by atoms with van der Waals surface area (Å²) < 4.78 is 14.2. The number of halogens is 2. The van der Waals surface area contributed by atoms with Crippen LogP contribution in [0, 0.1) is 11.2 Å². The average Bonchev–Trinajstić information content (AvgIpc) is 2.40. The van der Waals surface area contributed by atoms with Gasteiger partial charge in [0, 0.05) is 12.6 Å². The Morgan fingerprint density at radius 1 is 1.55 bits per heavy atom. The van der Waals surface area contributed by atoms with Crippen LogP contribution in [0.3, 0.4) is 0 Å². The van der Waals surface area contributed by atoms with Crippen LogP contribution in [-0.4, -0.2) is 25.0 Å². The number of carbonyl (C=O) groups excluding carboxylic acids is 1. The smallest absolute Gasteiger partial charge is 0.254 e. The number of piperidine rings is 1. The van der Waals surface area contributed by atoms with Crippen LogP contribution in [0.25, 0.3) is 0 Å². The van der Waals surface area contributed by atoms with E-state index in [2.05, 4.69) is 40.4 Å². The van der Waals surface area contributed by atoms with Crippen molar-refractivity contribution >= 4 is 21.8 Å². The molecule has 1 aliphatic rings. The van der Waals surface area contributed by atoms with Gasteiger partial charge in [-0.2, -0.15) is 0 Å². The molecule has 20 heavy (non-hydrogen) atoms. The first kappa shape index (κ1) is 15.4. The third kappa shape index (κ3) is 3.38. The summed E-state index contributed by atoms with van der Waals surface area (Å²) in [6.07, 6.45) is 2.28. The average molecular weight is 343 g/mol. The van der Waals surface area contributed by atoms with Gasteiger partial charge in [-0.1, -0.05) is 19.9 Å². The maximum absolute atomic E-state index is 13.8. The number of carbonyl (C=O) groups is 1. The Kier molecular flexibility index (Phi) is 4.81. The van der Waals surface area contributed by atoms with E-state index in [1.54, 1.807) is 12.1 Å². The molecule has 0 bridgehead atoms. The molecule has 5 heteroatoms. The molecule has 110 valence electrons. The third-order valence-electron chi connectivity index (χ3n) is 3.99. The topological polar surface area (TPSA) is 41.1 Å². The van der Waals surface area contributed by atoms with Gasteiger partial charge in [-0.05, 0) is 52.9 Å². The molecule has 1 aromatic rings. The second-order valence-electron chi connectivity index (χ2n) is 5.91. The van der Waals surface area contributed by atoms with Gasteiger partial charge in [0.05, 0.1) is 10.0 Å². The number of hydrogen-bond acceptors (Lipinski definition) is 2. The maximum atomic E-state index is 13.8. The highest BCUT2D eigenvalue weighted by atomic mass is 79.9. The lowest BCUT2D eigenvalue weighted by Crippen LogP contribution is -2.52. The van der Waals surface area contributed by atoms with Crippen molar-refractivity contribution in [3.05, 3.63) is 34.1 Å². The highest BCUT2D eigenvalue weighted by molar-refractivity contribution is 9.10. The summed E-state index contributed by atoms with van der Waals surface area (Å²) in [5.41, 5.74) is 0.217. The molecule has 0 aromatic heterocycles. The second kappa shape index (κ2) is 6.22. The van der Waals surface area contributed by atoms with Crippen molar-refractivity contribution in [2.75, 3.05) is 13.1 Å². The highest BCUT2D eigenvalue weighted by Gasteiger charge is 2.32. The van der Waals surface area contributed by atoms with E-state index in [-0.39, 0.29) is 22.9 Å². The molecule has 3 nitrogen and oxygen atoms in total. The van der Waals surface area contributed by atoms with Gasteiger partial charge in [-0.25, -0.2) is 4.39 Å². The monoisotopic (exact) mass is 342 g/mol.